The van der Waals surface area contributed by atoms with Crippen LogP contribution in [0.1, 0.15) is 5.56 Å². The zero-order chi connectivity index (χ0) is 18.9. The van der Waals surface area contributed by atoms with E-state index in [4.69, 9.17) is 14.2 Å². The number of benzene rings is 3. The molecule has 0 fully saturated rings. The Bertz CT molecular complexity index is 962. The van der Waals surface area contributed by atoms with Crippen LogP contribution in [0.15, 0.2) is 66.7 Å². The van der Waals surface area contributed by atoms with Gasteiger partial charge in [0.1, 0.15) is 0 Å². The van der Waals surface area contributed by atoms with Crippen LogP contribution in [0.2, 0.25) is 0 Å². The molecular formula is C21H18IO4P. The van der Waals surface area contributed by atoms with Gasteiger partial charge in [-0.05, 0) is 6.07 Å². The maximum Gasteiger partial charge on any atom is 0.231 e. The third kappa shape index (κ3) is 3.03. The highest BCUT2D eigenvalue weighted by Gasteiger charge is 2.36. The maximum atomic E-state index is 14.7. The first-order chi connectivity index (χ1) is 13.2. The van der Waals surface area contributed by atoms with Crippen molar-refractivity contribution in [2.45, 2.75) is 4.43 Å². The molecule has 0 saturated carbocycles. The summed E-state index contributed by atoms with van der Waals surface area (Å²) in [7, 11) is -1.54. The molecule has 0 atom stereocenters. The third-order valence-electron chi connectivity index (χ3n) is 4.62. The van der Waals surface area contributed by atoms with Crippen molar-refractivity contribution < 1.29 is 18.8 Å². The van der Waals surface area contributed by atoms with Crippen molar-refractivity contribution in [3.8, 4) is 17.2 Å². The molecule has 4 nitrogen and oxygen atoms in total. The van der Waals surface area contributed by atoms with Crippen molar-refractivity contribution in [3.05, 3.63) is 72.3 Å². The van der Waals surface area contributed by atoms with Crippen LogP contribution in [0.5, 0.6) is 17.2 Å². The quantitative estimate of drug-likeness (QED) is 0.307. The zero-order valence-corrected chi connectivity index (χ0v) is 17.8. The smallest absolute Gasteiger partial charge is 0.231 e. The Morgan fingerprint density at radius 1 is 0.963 bits per heavy atom. The van der Waals surface area contributed by atoms with Gasteiger partial charge in [0.2, 0.25) is 12.5 Å². The minimum absolute atomic E-state index is 0.139. The number of hydrogen-bond acceptors (Lipinski definition) is 4. The molecule has 3 aromatic rings. The predicted octanol–water partition coefficient (Wildman–Crippen LogP) is 4.00. The average Bonchev–Trinajstić information content (AvgIpc) is 3.23. The van der Waals surface area contributed by atoms with E-state index in [9.17, 15) is 4.57 Å². The minimum Gasteiger partial charge on any atom is -0.493 e. The fourth-order valence-corrected chi connectivity index (χ4v) is 7.30. The highest BCUT2D eigenvalue weighted by atomic mass is 127. The largest absolute Gasteiger partial charge is 0.493 e. The van der Waals surface area contributed by atoms with Gasteiger partial charge in [-0.2, -0.15) is 0 Å². The van der Waals surface area contributed by atoms with Gasteiger partial charge in [0.25, 0.3) is 0 Å². The van der Waals surface area contributed by atoms with Crippen LogP contribution < -0.4 is 30.1 Å². The highest BCUT2D eigenvalue weighted by Crippen LogP contribution is 2.51. The van der Waals surface area contributed by atoms with Gasteiger partial charge >= 0.3 is 0 Å². The number of ether oxygens (including phenoxy) is 3. The highest BCUT2D eigenvalue weighted by molar-refractivity contribution is 14.1. The van der Waals surface area contributed by atoms with Crippen molar-refractivity contribution in [1.82, 2.24) is 0 Å². The Morgan fingerprint density at radius 3 is 2.04 bits per heavy atom. The van der Waals surface area contributed by atoms with Crippen molar-refractivity contribution >= 4 is 45.6 Å². The van der Waals surface area contributed by atoms with E-state index in [1.165, 1.54) is 0 Å². The molecule has 0 aliphatic carbocycles. The van der Waals surface area contributed by atoms with Crippen LogP contribution in [0, 0.1) is 0 Å². The van der Waals surface area contributed by atoms with E-state index in [2.05, 4.69) is 22.6 Å². The summed E-state index contributed by atoms with van der Waals surface area (Å²) in [5.41, 5.74) is 0.889. The maximum absolute atomic E-state index is 14.7. The van der Waals surface area contributed by atoms with Gasteiger partial charge in [-0.1, -0.05) is 83.3 Å². The average molecular weight is 492 g/mol. The molecule has 3 aromatic carbocycles. The van der Waals surface area contributed by atoms with Crippen LogP contribution in [0.25, 0.3) is 0 Å². The van der Waals surface area contributed by atoms with E-state index in [1.807, 2.05) is 66.7 Å². The van der Waals surface area contributed by atoms with Gasteiger partial charge in [-0.3, -0.25) is 0 Å². The second-order valence-electron chi connectivity index (χ2n) is 6.06. The standard InChI is InChI=1S/C21H18IO4P/c1-24-18-12-19(17(13-22)20-21(18)26-14-25-20)27(23,15-8-4-2-5-9-15)16-10-6-3-7-11-16/h2-12H,13-14H2,1H3. The monoisotopic (exact) mass is 492 g/mol. The lowest BCUT2D eigenvalue weighted by Gasteiger charge is -2.23. The minimum atomic E-state index is -3.12. The van der Waals surface area contributed by atoms with Crippen LogP contribution in [-0.2, 0) is 8.99 Å². The molecule has 0 spiro atoms. The molecule has 1 aliphatic rings. The van der Waals surface area contributed by atoms with Crippen LogP contribution in [0.4, 0.5) is 0 Å². The molecule has 0 radical (unpaired) electrons. The zero-order valence-electron chi connectivity index (χ0n) is 14.7. The third-order valence-corrected chi connectivity index (χ3v) is 8.51. The van der Waals surface area contributed by atoms with Crippen molar-refractivity contribution in [2.24, 2.45) is 0 Å². The number of halogens is 1. The van der Waals surface area contributed by atoms with Crippen molar-refractivity contribution in [2.75, 3.05) is 13.9 Å². The van der Waals surface area contributed by atoms with Crippen LogP contribution >= 0.6 is 29.7 Å². The molecule has 1 aliphatic heterocycles. The summed E-state index contributed by atoms with van der Waals surface area (Å²) in [5.74, 6) is 1.75. The molecular weight excluding hydrogens is 474 g/mol. The van der Waals surface area contributed by atoms with E-state index < -0.39 is 7.14 Å². The molecule has 0 N–H and O–H groups in total. The number of rotatable bonds is 5. The molecule has 0 amide bonds. The summed E-state index contributed by atoms with van der Waals surface area (Å²) in [6, 6.07) is 21.0. The Kier molecular flexibility index (Phi) is 5.15. The van der Waals surface area contributed by atoms with E-state index >= 15 is 0 Å². The van der Waals surface area contributed by atoms with Gasteiger partial charge in [0.15, 0.2) is 18.6 Å². The number of fused-ring (bicyclic) bond motifs is 1. The number of methoxy groups -OCH3 is 1. The van der Waals surface area contributed by atoms with E-state index in [0.29, 0.717) is 21.7 Å². The normalized spacial score (nSPS) is 12.8. The second-order valence-corrected chi connectivity index (χ2v) is 9.55. The Balaban J connectivity index is 2.07. The van der Waals surface area contributed by atoms with E-state index in [-0.39, 0.29) is 6.79 Å². The lowest BCUT2D eigenvalue weighted by atomic mass is 10.2. The predicted molar refractivity (Wildman–Crippen MR) is 116 cm³/mol. The molecule has 6 heteroatoms. The van der Waals surface area contributed by atoms with Gasteiger partial charge in [0, 0.05) is 25.9 Å². The molecule has 0 bridgehead atoms. The summed E-state index contributed by atoms with van der Waals surface area (Å²) in [6.07, 6.45) is 0. The summed E-state index contributed by atoms with van der Waals surface area (Å²) in [4.78, 5) is 0. The van der Waals surface area contributed by atoms with Gasteiger partial charge in [-0.25, -0.2) is 0 Å². The lowest BCUT2D eigenvalue weighted by molar-refractivity contribution is 0.170. The first-order valence-corrected chi connectivity index (χ1v) is 11.7. The fraction of sp³-hybridized carbons (Fsp3) is 0.143. The fourth-order valence-electron chi connectivity index (χ4n) is 3.34. The van der Waals surface area contributed by atoms with Crippen LogP contribution in [0.3, 0.4) is 0 Å². The summed E-state index contributed by atoms with van der Waals surface area (Å²) in [5, 5.41) is 2.29. The first kappa shape index (κ1) is 18.4. The molecule has 0 saturated heterocycles. The Hall–Kier alpha value is -1.98. The molecule has 27 heavy (non-hydrogen) atoms. The molecule has 4 rings (SSSR count). The van der Waals surface area contributed by atoms with E-state index in [1.54, 1.807) is 7.11 Å². The van der Waals surface area contributed by atoms with Gasteiger partial charge in [-0.15, -0.1) is 0 Å². The molecule has 138 valence electrons. The van der Waals surface area contributed by atoms with Crippen molar-refractivity contribution in [3.63, 3.8) is 0 Å². The number of hydrogen-bond donors (Lipinski definition) is 0. The molecule has 0 aromatic heterocycles. The first-order valence-electron chi connectivity index (χ1n) is 8.47. The van der Waals surface area contributed by atoms with E-state index in [0.717, 1.165) is 21.5 Å². The van der Waals surface area contributed by atoms with Gasteiger partial charge < -0.3 is 18.8 Å². The van der Waals surface area contributed by atoms with Crippen molar-refractivity contribution in [1.29, 1.82) is 0 Å². The summed E-state index contributed by atoms with van der Waals surface area (Å²) < 4.78 is 32.2. The summed E-state index contributed by atoms with van der Waals surface area (Å²) >= 11 is 2.28. The Labute approximate surface area is 172 Å². The Morgan fingerprint density at radius 2 is 1.52 bits per heavy atom. The molecule has 0 unspecified atom stereocenters. The SMILES string of the molecule is COc1cc(P(=O)(c2ccccc2)c2ccccc2)c(CI)c2c1OCO2. The molecule has 1 heterocycles. The van der Waals surface area contributed by atoms with Crippen LogP contribution in [-0.4, -0.2) is 13.9 Å². The lowest BCUT2D eigenvalue weighted by Crippen LogP contribution is -2.27. The topological polar surface area (TPSA) is 44.8 Å². The second kappa shape index (κ2) is 7.56. The summed E-state index contributed by atoms with van der Waals surface area (Å²) in [6.45, 7) is 0.139. The van der Waals surface area contributed by atoms with Gasteiger partial charge in [0.05, 0.1) is 7.11 Å². The number of alkyl halides is 1.